The third kappa shape index (κ3) is 2.85. The zero-order chi connectivity index (χ0) is 17.1. The molecule has 5 heteroatoms. The molecule has 0 fully saturated rings. The molecule has 0 saturated heterocycles. The van der Waals surface area contributed by atoms with Crippen LogP contribution in [0.25, 0.3) is 10.8 Å². The summed E-state index contributed by atoms with van der Waals surface area (Å²) in [6.45, 7) is -0.00241. The third-order valence-corrected chi connectivity index (χ3v) is 3.67. The summed E-state index contributed by atoms with van der Waals surface area (Å²) in [6, 6.07) is 16.5. The van der Waals surface area contributed by atoms with Crippen LogP contribution in [0, 0.1) is 11.3 Å². The minimum absolute atomic E-state index is 0.00241. The Morgan fingerprint density at radius 3 is 2.38 bits per heavy atom. The number of esters is 1. The van der Waals surface area contributed by atoms with Gasteiger partial charge in [0.1, 0.15) is 23.7 Å². The van der Waals surface area contributed by atoms with E-state index in [1.54, 1.807) is 48.5 Å². The van der Waals surface area contributed by atoms with Gasteiger partial charge >= 0.3 is 5.97 Å². The molecule has 2 N–H and O–H groups in total. The van der Waals surface area contributed by atoms with E-state index in [0.717, 1.165) is 0 Å². The van der Waals surface area contributed by atoms with Gasteiger partial charge < -0.3 is 14.9 Å². The van der Waals surface area contributed by atoms with E-state index in [-0.39, 0.29) is 23.7 Å². The molecule has 0 saturated carbocycles. The van der Waals surface area contributed by atoms with Crippen LogP contribution in [0.15, 0.2) is 54.6 Å². The Morgan fingerprint density at radius 1 is 1.04 bits per heavy atom. The summed E-state index contributed by atoms with van der Waals surface area (Å²) in [7, 11) is 0. The van der Waals surface area contributed by atoms with Crippen molar-refractivity contribution in [2.75, 3.05) is 0 Å². The van der Waals surface area contributed by atoms with Crippen LogP contribution in [0.2, 0.25) is 0 Å². The van der Waals surface area contributed by atoms with Crippen molar-refractivity contribution in [1.82, 2.24) is 0 Å². The molecule has 3 aromatic carbocycles. The second-order valence-corrected chi connectivity index (χ2v) is 5.22. The Hall–Kier alpha value is -3.52. The van der Waals surface area contributed by atoms with E-state index >= 15 is 0 Å². The van der Waals surface area contributed by atoms with Crippen LogP contribution < -0.4 is 0 Å². The lowest BCUT2D eigenvalue weighted by molar-refractivity contribution is 0.0469. The minimum atomic E-state index is -0.738. The summed E-state index contributed by atoms with van der Waals surface area (Å²) in [5, 5.41) is 29.9. The molecule has 0 aliphatic rings. The Morgan fingerprint density at radius 2 is 1.71 bits per heavy atom. The maximum Gasteiger partial charge on any atom is 0.342 e. The van der Waals surface area contributed by atoms with Crippen LogP contribution in [0.1, 0.15) is 21.5 Å². The molecule has 0 aliphatic carbocycles. The van der Waals surface area contributed by atoms with E-state index in [1.807, 2.05) is 6.07 Å². The first kappa shape index (κ1) is 15.4. The zero-order valence-corrected chi connectivity index (χ0v) is 12.6. The first-order chi connectivity index (χ1) is 11.6. The van der Waals surface area contributed by atoms with Crippen LogP contribution >= 0.6 is 0 Å². The van der Waals surface area contributed by atoms with Crippen molar-refractivity contribution < 1.29 is 19.7 Å². The lowest BCUT2D eigenvalue weighted by Gasteiger charge is -2.10. The van der Waals surface area contributed by atoms with Gasteiger partial charge in [0, 0.05) is 10.8 Å². The van der Waals surface area contributed by atoms with E-state index in [2.05, 4.69) is 0 Å². The molecule has 5 nitrogen and oxygen atoms in total. The van der Waals surface area contributed by atoms with Gasteiger partial charge in [-0.05, 0) is 23.8 Å². The van der Waals surface area contributed by atoms with Crippen molar-refractivity contribution in [2.24, 2.45) is 0 Å². The standard InChI is InChI=1S/C19H13NO4/c20-10-12-5-7-13(8-6-12)11-24-19(23)16-9-17(21)14-3-1-2-4-15(14)18(16)22/h1-9,21-22H,11H2. The van der Waals surface area contributed by atoms with Gasteiger partial charge in [0.25, 0.3) is 0 Å². The smallest absolute Gasteiger partial charge is 0.342 e. The Labute approximate surface area is 138 Å². The summed E-state index contributed by atoms with van der Waals surface area (Å²) in [5.41, 5.74) is 1.13. The van der Waals surface area contributed by atoms with Gasteiger partial charge in [-0.3, -0.25) is 0 Å². The fraction of sp³-hybridized carbons (Fsp3) is 0.0526. The molecule has 0 unspecified atom stereocenters. The topological polar surface area (TPSA) is 90.5 Å². The van der Waals surface area contributed by atoms with E-state index in [0.29, 0.717) is 21.9 Å². The van der Waals surface area contributed by atoms with Crippen molar-refractivity contribution in [1.29, 1.82) is 5.26 Å². The number of aromatic hydroxyl groups is 2. The van der Waals surface area contributed by atoms with Crippen molar-refractivity contribution >= 4 is 16.7 Å². The molecule has 24 heavy (non-hydrogen) atoms. The first-order valence-corrected chi connectivity index (χ1v) is 7.20. The fourth-order valence-corrected chi connectivity index (χ4v) is 2.40. The maximum atomic E-state index is 12.2. The number of carbonyl (C=O) groups excluding carboxylic acids is 1. The van der Waals surface area contributed by atoms with Crippen LogP contribution in [0.3, 0.4) is 0 Å². The molecule has 3 rings (SSSR count). The van der Waals surface area contributed by atoms with Gasteiger partial charge in [0.05, 0.1) is 11.6 Å². The average Bonchev–Trinajstić information content (AvgIpc) is 2.63. The number of hydrogen-bond donors (Lipinski definition) is 2. The van der Waals surface area contributed by atoms with E-state index in [4.69, 9.17) is 10.00 Å². The lowest BCUT2D eigenvalue weighted by Crippen LogP contribution is -2.06. The monoisotopic (exact) mass is 319 g/mol. The normalized spacial score (nSPS) is 10.3. The Kier molecular flexibility index (Phi) is 4.04. The van der Waals surface area contributed by atoms with Crippen molar-refractivity contribution in [2.45, 2.75) is 6.61 Å². The molecular formula is C19H13NO4. The fourth-order valence-electron chi connectivity index (χ4n) is 2.40. The first-order valence-electron chi connectivity index (χ1n) is 7.20. The predicted octanol–water partition coefficient (Wildman–Crippen LogP) is 3.48. The van der Waals surface area contributed by atoms with Gasteiger partial charge in [-0.1, -0.05) is 36.4 Å². The highest BCUT2D eigenvalue weighted by Gasteiger charge is 2.18. The lowest BCUT2D eigenvalue weighted by atomic mass is 10.0. The molecule has 0 spiro atoms. The number of nitrogens with zero attached hydrogens (tertiary/aromatic N) is 1. The van der Waals surface area contributed by atoms with Gasteiger partial charge in [0.15, 0.2) is 0 Å². The molecule has 3 aromatic rings. The largest absolute Gasteiger partial charge is 0.507 e. The molecule has 118 valence electrons. The molecule has 0 amide bonds. The Bertz CT molecular complexity index is 956. The van der Waals surface area contributed by atoms with Gasteiger partial charge in [-0.25, -0.2) is 4.79 Å². The number of phenols is 2. The maximum absolute atomic E-state index is 12.2. The third-order valence-electron chi connectivity index (χ3n) is 3.67. The summed E-state index contributed by atoms with van der Waals surface area (Å²) in [4.78, 5) is 12.2. The van der Waals surface area contributed by atoms with E-state index in [1.165, 1.54) is 6.07 Å². The molecule has 0 aliphatic heterocycles. The van der Waals surface area contributed by atoms with Crippen LogP contribution in [0.5, 0.6) is 11.5 Å². The number of benzene rings is 3. The second kappa shape index (κ2) is 6.31. The second-order valence-electron chi connectivity index (χ2n) is 5.22. The van der Waals surface area contributed by atoms with Crippen LogP contribution in [-0.4, -0.2) is 16.2 Å². The van der Waals surface area contributed by atoms with Crippen molar-refractivity contribution in [3.63, 3.8) is 0 Å². The zero-order valence-electron chi connectivity index (χ0n) is 12.6. The van der Waals surface area contributed by atoms with E-state index in [9.17, 15) is 15.0 Å². The Balaban J connectivity index is 1.83. The molecule has 0 aromatic heterocycles. The highest BCUT2D eigenvalue weighted by Crippen LogP contribution is 2.35. The van der Waals surface area contributed by atoms with Crippen LogP contribution in [0.4, 0.5) is 0 Å². The number of carbonyl (C=O) groups is 1. The SMILES string of the molecule is N#Cc1ccc(COC(=O)c2cc(O)c3ccccc3c2O)cc1. The van der Waals surface area contributed by atoms with Crippen LogP contribution in [-0.2, 0) is 11.3 Å². The summed E-state index contributed by atoms with van der Waals surface area (Å²) < 4.78 is 5.18. The summed E-state index contributed by atoms with van der Waals surface area (Å²) >= 11 is 0. The number of ether oxygens (including phenoxy) is 1. The quantitative estimate of drug-likeness (QED) is 0.570. The number of nitriles is 1. The number of phenolic OH excluding ortho intramolecular Hbond substituents is 2. The van der Waals surface area contributed by atoms with E-state index < -0.39 is 5.97 Å². The molecule has 0 radical (unpaired) electrons. The molecule has 0 bridgehead atoms. The highest BCUT2D eigenvalue weighted by molar-refractivity contribution is 6.03. The van der Waals surface area contributed by atoms with Gasteiger partial charge in [-0.2, -0.15) is 5.26 Å². The summed E-state index contributed by atoms with van der Waals surface area (Å²) in [6.07, 6.45) is 0. The molecule has 0 atom stereocenters. The predicted molar refractivity (Wildman–Crippen MR) is 87.6 cm³/mol. The number of fused-ring (bicyclic) bond motifs is 1. The molecular weight excluding hydrogens is 306 g/mol. The van der Waals surface area contributed by atoms with Crippen molar-refractivity contribution in [3.8, 4) is 17.6 Å². The number of rotatable bonds is 3. The molecule has 0 heterocycles. The highest BCUT2D eigenvalue weighted by atomic mass is 16.5. The average molecular weight is 319 g/mol. The minimum Gasteiger partial charge on any atom is -0.507 e. The van der Waals surface area contributed by atoms with Gasteiger partial charge in [0.2, 0.25) is 0 Å². The number of hydrogen-bond acceptors (Lipinski definition) is 5. The van der Waals surface area contributed by atoms with Crippen molar-refractivity contribution in [3.05, 3.63) is 71.3 Å². The summed E-state index contributed by atoms with van der Waals surface area (Å²) in [5.74, 6) is -1.07. The van der Waals surface area contributed by atoms with Gasteiger partial charge in [-0.15, -0.1) is 0 Å².